The highest BCUT2D eigenvalue weighted by Gasteiger charge is 2.10. The van der Waals surface area contributed by atoms with Crippen LogP contribution in [-0.4, -0.2) is 4.98 Å². The summed E-state index contributed by atoms with van der Waals surface area (Å²) in [6.45, 7) is 2.01. The van der Waals surface area contributed by atoms with Gasteiger partial charge in [-0.15, -0.1) is 0 Å². The monoisotopic (exact) mass is 197 g/mol. The summed E-state index contributed by atoms with van der Waals surface area (Å²) >= 11 is 0. The molecule has 1 aromatic carbocycles. The Hall–Kier alpha value is -1.92. The molecule has 1 atom stereocenters. The molecule has 1 aromatic heterocycles. The van der Waals surface area contributed by atoms with Gasteiger partial charge in [0.15, 0.2) is 0 Å². The number of aromatic nitrogens is 1. The van der Waals surface area contributed by atoms with Crippen molar-refractivity contribution in [3.8, 4) is 6.07 Å². The number of hydrogen-bond acceptors (Lipinski definition) is 3. The van der Waals surface area contributed by atoms with E-state index in [-0.39, 0.29) is 0 Å². The quantitative estimate of drug-likeness (QED) is 0.761. The number of hydrogen-bond donors (Lipinski definition) is 1. The van der Waals surface area contributed by atoms with Gasteiger partial charge in [-0.3, -0.25) is 4.98 Å². The second-order valence-electron chi connectivity index (χ2n) is 3.51. The largest absolute Gasteiger partial charge is 0.312 e. The van der Waals surface area contributed by atoms with Crippen molar-refractivity contribution in [3.05, 3.63) is 41.7 Å². The number of fused-ring (bicyclic) bond motifs is 1. The number of aryl methyl sites for hydroxylation is 1. The van der Waals surface area contributed by atoms with Crippen molar-refractivity contribution >= 4 is 10.8 Å². The average Bonchev–Trinajstić information content (AvgIpc) is 2.28. The molecule has 0 spiro atoms. The molecule has 0 amide bonds. The average molecular weight is 197 g/mol. The summed E-state index contributed by atoms with van der Waals surface area (Å²) in [5, 5.41) is 10.9. The molecule has 15 heavy (non-hydrogen) atoms. The van der Waals surface area contributed by atoms with Crippen LogP contribution >= 0.6 is 0 Å². The molecule has 74 valence electrons. The second kappa shape index (κ2) is 3.68. The summed E-state index contributed by atoms with van der Waals surface area (Å²) in [6.07, 6.45) is 3.46. The zero-order valence-electron chi connectivity index (χ0n) is 8.44. The Balaban J connectivity index is 2.81. The summed E-state index contributed by atoms with van der Waals surface area (Å²) in [5.41, 5.74) is 7.65. The highest BCUT2D eigenvalue weighted by atomic mass is 14.7. The molecule has 2 rings (SSSR count). The minimum atomic E-state index is -0.609. The van der Waals surface area contributed by atoms with E-state index in [1.165, 1.54) is 0 Å². The van der Waals surface area contributed by atoms with E-state index in [9.17, 15) is 0 Å². The minimum Gasteiger partial charge on any atom is -0.312 e. The van der Waals surface area contributed by atoms with Gasteiger partial charge < -0.3 is 5.73 Å². The normalized spacial score (nSPS) is 12.3. The number of nitrogens with two attached hydrogens (primary N) is 1. The molecular weight excluding hydrogens is 186 g/mol. The molecule has 1 unspecified atom stereocenters. The molecule has 2 aromatic rings. The molecule has 0 bridgehead atoms. The number of nitriles is 1. The van der Waals surface area contributed by atoms with E-state index in [2.05, 4.69) is 4.98 Å². The fraction of sp³-hybridized carbons (Fsp3) is 0.167. The van der Waals surface area contributed by atoms with Gasteiger partial charge in [0.25, 0.3) is 0 Å². The van der Waals surface area contributed by atoms with Crippen LogP contribution in [-0.2, 0) is 0 Å². The van der Waals surface area contributed by atoms with E-state index >= 15 is 0 Å². The number of pyridine rings is 1. The zero-order chi connectivity index (χ0) is 10.8. The van der Waals surface area contributed by atoms with E-state index in [4.69, 9.17) is 11.0 Å². The van der Waals surface area contributed by atoms with E-state index in [0.717, 1.165) is 21.9 Å². The van der Waals surface area contributed by atoms with E-state index in [0.29, 0.717) is 0 Å². The first-order valence-electron chi connectivity index (χ1n) is 4.72. The Morgan fingerprint density at radius 3 is 2.93 bits per heavy atom. The second-order valence-corrected chi connectivity index (χ2v) is 3.51. The SMILES string of the molecule is Cc1cccc2cncc(C(N)C#N)c12. The fourth-order valence-corrected chi connectivity index (χ4v) is 1.76. The molecule has 0 aliphatic heterocycles. The number of rotatable bonds is 1. The van der Waals surface area contributed by atoms with E-state index < -0.39 is 6.04 Å². The summed E-state index contributed by atoms with van der Waals surface area (Å²) in [5.74, 6) is 0. The van der Waals surface area contributed by atoms with Gasteiger partial charge in [0, 0.05) is 23.3 Å². The first kappa shape index (κ1) is 9.63. The minimum absolute atomic E-state index is 0.609. The van der Waals surface area contributed by atoms with Crippen LogP contribution in [0, 0.1) is 18.3 Å². The molecule has 0 aliphatic carbocycles. The van der Waals surface area contributed by atoms with Gasteiger partial charge in [-0.05, 0) is 17.9 Å². The highest BCUT2D eigenvalue weighted by Crippen LogP contribution is 2.24. The third-order valence-electron chi connectivity index (χ3n) is 2.50. The van der Waals surface area contributed by atoms with Crippen molar-refractivity contribution < 1.29 is 0 Å². The van der Waals surface area contributed by atoms with Crippen molar-refractivity contribution in [3.63, 3.8) is 0 Å². The Labute approximate surface area is 88.2 Å². The smallest absolute Gasteiger partial charge is 0.120 e. The molecule has 1 heterocycles. The highest BCUT2D eigenvalue weighted by molar-refractivity contribution is 5.88. The lowest BCUT2D eigenvalue weighted by Gasteiger charge is -2.09. The Morgan fingerprint density at radius 1 is 1.40 bits per heavy atom. The van der Waals surface area contributed by atoms with Crippen molar-refractivity contribution in [2.75, 3.05) is 0 Å². The molecule has 0 aliphatic rings. The van der Waals surface area contributed by atoms with E-state index in [1.54, 1.807) is 12.4 Å². The predicted octanol–water partition coefficient (Wildman–Crippen LogP) is 2.07. The first-order chi connectivity index (χ1) is 7.24. The summed E-state index contributed by atoms with van der Waals surface area (Å²) in [7, 11) is 0. The molecule has 0 saturated heterocycles. The molecule has 0 fully saturated rings. The van der Waals surface area contributed by atoms with Crippen LogP contribution in [0.25, 0.3) is 10.8 Å². The van der Waals surface area contributed by atoms with E-state index in [1.807, 2.05) is 31.2 Å². The van der Waals surface area contributed by atoms with Crippen molar-refractivity contribution in [1.82, 2.24) is 4.98 Å². The van der Waals surface area contributed by atoms with Crippen LogP contribution in [0.15, 0.2) is 30.6 Å². The van der Waals surface area contributed by atoms with Gasteiger partial charge in [-0.2, -0.15) is 5.26 Å². The maximum absolute atomic E-state index is 8.84. The van der Waals surface area contributed by atoms with Gasteiger partial charge in [0.2, 0.25) is 0 Å². The van der Waals surface area contributed by atoms with Gasteiger partial charge in [0.05, 0.1) is 6.07 Å². The summed E-state index contributed by atoms with van der Waals surface area (Å²) in [6, 6.07) is 7.39. The van der Waals surface area contributed by atoms with Gasteiger partial charge >= 0.3 is 0 Å². The van der Waals surface area contributed by atoms with Crippen LogP contribution in [0.3, 0.4) is 0 Å². The van der Waals surface area contributed by atoms with Crippen molar-refractivity contribution in [2.24, 2.45) is 5.73 Å². The molecular formula is C12H11N3. The van der Waals surface area contributed by atoms with Crippen LogP contribution in [0.5, 0.6) is 0 Å². The standard InChI is InChI=1S/C12H11N3/c1-8-3-2-4-9-6-15-7-10(12(8)9)11(14)5-13/h2-4,6-7,11H,14H2,1H3. The molecule has 3 nitrogen and oxygen atoms in total. The third-order valence-corrected chi connectivity index (χ3v) is 2.50. The number of benzene rings is 1. The fourth-order valence-electron chi connectivity index (χ4n) is 1.76. The molecule has 0 radical (unpaired) electrons. The summed E-state index contributed by atoms with van der Waals surface area (Å²) < 4.78 is 0. The lowest BCUT2D eigenvalue weighted by molar-refractivity contribution is 0.926. The Morgan fingerprint density at radius 2 is 2.20 bits per heavy atom. The maximum atomic E-state index is 8.84. The van der Waals surface area contributed by atoms with Crippen molar-refractivity contribution in [2.45, 2.75) is 13.0 Å². The lowest BCUT2D eigenvalue weighted by Crippen LogP contribution is -2.08. The van der Waals surface area contributed by atoms with Crippen molar-refractivity contribution in [1.29, 1.82) is 5.26 Å². The lowest BCUT2D eigenvalue weighted by atomic mass is 9.99. The first-order valence-corrected chi connectivity index (χ1v) is 4.72. The van der Waals surface area contributed by atoms with Gasteiger partial charge in [-0.25, -0.2) is 0 Å². The maximum Gasteiger partial charge on any atom is 0.120 e. The third kappa shape index (κ3) is 1.56. The Bertz CT molecular complexity index is 535. The number of nitrogens with zero attached hydrogens (tertiary/aromatic N) is 2. The van der Waals surface area contributed by atoms with Gasteiger partial charge in [-0.1, -0.05) is 18.2 Å². The molecule has 0 saturated carbocycles. The molecule has 2 N–H and O–H groups in total. The Kier molecular flexibility index (Phi) is 2.36. The van der Waals surface area contributed by atoms with Crippen LogP contribution in [0.1, 0.15) is 17.2 Å². The molecule has 3 heteroatoms. The van der Waals surface area contributed by atoms with Crippen LogP contribution in [0.4, 0.5) is 0 Å². The van der Waals surface area contributed by atoms with Gasteiger partial charge in [0.1, 0.15) is 6.04 Å². The topological polar surface area (TPSA) is 62.7 Å². The predicted molar refractivity (Wildman–Crippen MR) is 59.0 cm³/mol. The summed E-state index contributed by atoms with van der Waals surface area (Å²) in [4.78, 5) is 4.09. The zero-order valence-corrected chi connectivity index (χ0v) is 8.44. The van der Waals surface area contributed by atoms with Crippen LogP contribution in [0.2, 0.25) is 0 Å². The van der Waals surface area contributed by atoms with Crippen LogP contribution < -0.4 is 5.73 Å².